The summed E-state index contributed by atoms with van der Waals surface area (Å²) in [5.41, 5.74) is 0.564. The summed E-state index contributed by atoms with van der Waals surface area (Å²) in [6.07, 6.45) is 1.40. The Morgan fingerprint density at radius 3 is 2.26 bits per heavy atom. The summed E-state index contributed by atoms with van der Waals surface area (Å²) >= 11 is 0. The smallest absolute Gasteiger partial charge is 0.336 e. The number of amides is 4. The van der Waals surface area contributed by atoms with Crippen molar-refractivity contribution in [2.75, 3.05) is 24.7 Å². The van der Waals surface area contributed by atoms with Crippen molar-refractivity contribution in [2.45, 2.75) is 20.8 Å². The van der Waals surface area contributed by atoms with E-state index in [0.29, 0.717) is 42.6 Å². The fourth-order valence-electron chi connectivity index (χ4n) is 3.12. The van der Waals surface area contributed by atoms with Crippen molar-refractivity contribution in [3.05, 3.63) is 53.6 Å². The molecular formula is C23H24N2O6. The molecule has 1 heterocycles. The van der Waals surface area contributed by atoms with Gasteiger partial charge in [-0.25, -0.2) is 9.69 Å². The van der Waals surface area contributed by atoms with Gasteiger partial charge in [0, 0.05) is 11.6 Å². The van der Waals surface area contributed by atoms with Gasteiger partial charge in [-0.05, 0) is 51.1 Å². The zero-order chi connectivity index (χ0) is 22.4. The third kappa shape index (κ3) is 4.69. The van der Waals surface area contributed by atoms with E-state index in [0.717, 1.165) is 4.90 Å². The number of hydrogen-bond acceptors (Lipinski definition) is 6. The molecule has 1 aliphatic rings. The van der Waals surface area contributed by atoms with Crippen LogP contribution in [0.25, 0.3) is 6.08 Å². The predicted octanol–water partition coefficient (Wildman–Crippen LogP) is 3.55. The molecule has 1 fully saturated rings. The fraction of sp³-hybridized carbons (Fsp3) is 0.261. The van der Waals surface area contributed by atoms with Crippen molar-refractivity contribution in [3.63, 3.8) is 0 Å². The number of carbonyl (C=O) groups excluding carboxylic acids is 3. The first-order valence-electron chi connectivity index (χ1n) is 10.0. The van der Waals surface area contributed by atoms with Crippen molar-refractivity contribution in [3.8, 4) is 17.2 Å². The van der Waals surface area contributed by atoms with Crippen LogP contribution < -0.4 is 24.4 Å². The first-order chi connectivity index (χ1) is 15.0. The molecule has 3 rings (SSSR count). The fourth-order valence-corrected chi connectivity index (χ4v) is 3.12. The summed E-state index contributed by atoms with van der Waals surface area (Å²) in [4.78, 5) is 39.1. The van der Waals surface area contributed by atoms with Gasteiger partial charge in [-0.3, -0.25) is 14.9 Å². The second-order valence-electron chi connectivity index (χ2n) is 6.42. The highest BCUT2D eigenvalue weighted by atomic mass is 16.5. The van der Waals surface area contributed by atoms with Gasteiger partial charge in [0.05, 0.1) is 25.5 Å². The lowest BCUT2D eigenvalue weighted by Crippen LogP contribution is -2.54. The number of imide groups is 2. The molecule has 31 heavy (non-hydrogen) atoms. The molecule has 4 amide bonds. The Morgan fingerprint density at radius 1 is 0.871 bits per heavy atom. The third-order valence-corrected chi connectivity index (χ3v) is 4.40. The SMILES string of the molecule is CCOc1ccc(/C=C2\C(=O)NC(=O)N(c3ccccc3OCC)C2=O)c(OCC)c1. The Kier molecular flexibility index (Phi) is 6.92. The van der Waals surface area contributed by atoms with Crippen LogP contribution in [0.5, 0.6) is 17.2 Å². The molecule has 0 atom stereocenters. The molecule has 8 heteroatoms. The standard InChI is InChI=1S/C23H24N2O6/c1-4-29-16-12-11-15(20(14-16)31-6-3)13-17-21(26)24-23(28)25(22(17)27)18-9-7-8-10-19(18)30-5-2/h7-14H,4-6H2,1-3H3,(H,24,26,28)/b17-13+. The maximum atomic E-state index is 13.2. The van der Waals surface area contributed by atoms with Gasteiger partial charge in [-0.15, -0.1) is 0 Å². The number of hydrogen-bond donors (Lipinski definition) is 1. The lowest BCUT2D eigenvalue weighted by Gasteiger charge is -2.27. The number of para-hydroxylation sites is 2. The maximum Gasteiger partial charge on any atom is 0.336 e. The summed E-state index contributed by atoms with van der Waals surface area (Å²) in [7, 11) is 0. The number of carbonyl (C=O) groups is 3. The van der Waals surface area contributed by atoms with Gasteiger partial charge in [0.2, 0.25) is 0 Å². The number of nitrogens with one attached hydrogen (secondary N) is 1. The van der Waals surface area contributed by atoms with Gasteiger partial charge >= 0.3 is 6.03 Å². The Bertz CT molecular complexity index is 1030. The number of benzene rings is 2. The van der Waals surface area contributed by atoms with Crippen LogP contribution in [0, 0.1) is 0 Å². The zero-order valence-electron chi connectivity index (χ0n) is 17.6. The van der Waals surface area contributed by atoms with Gasteiger partial charge < -0.3 is 14.2 Å². The van der Waals surface area contributed by atoms with Crippen molar-refractivity contribution in [1.82, 2.24) is 5.32 Å². The van der Waals surface area contributed by atoms with E-state index in [2.05, 4.69) is 5.32 Å². The van der Waals surface area contributed by atoms with Gasteiger partial charge in [-0.1, -0.05) is 12.1 Å². The predicted molar refractivity (Wildman–Crippen MR) is 115 cm³/mol. The van der Waals surface area contributed by atoms with E-state index in [9.17, 15) is 14.4 Å². The van der Waals surface area contributed by atoms with Gasteiger partial charge in [0.25, 0.3) is 11.8 Å². The molecule has 0 unspecified atom stereocenters. The lowest BCUT2D eigenvalue weighted by molar-refractivity contribution is -0.122. The summed E-state index contributed by atoms with van der Waals surface area (Å²) in [5, 5.41) is 2.22. The molecule has 8 nitrogen and oxygen atoms in total. The highest BCUT2D eigenvalue weighted by Gasteiger charge is 2.38. The van der Waals surface area contributed by atoms with Crippen LogP contribution >= 0.6 is 0 Å². The average Bonchev–Trinajstić information content (AvgIpc) is 2.74. The molecule has 1 aliphatic heterocycles. The van der Waals surface area contributed by atoms with E-state index in [1.54, 1.807) is 49.4 Å². The Balaban J connectivity index is 2.04. The van der Waals surface area contributed by atoms with E-state index in [1.165, 1.54) is 6.08 Å². The van der Waals surface area contributed by atoms with E-state index in [-0.39, 0.29) is 11.3 Å². The summed E-state index contributed by atoms with van der Waals surface area (Å²) < 4.78 is 16.7. The quantitative estimate of drug-likeness (QED) is 0.515. The Labute approximate surface area is 180 Å². The summed E-state index contributed by atoms with van der Waals surface area (Å²) in [6, 6.07) is 10.9. The minimum atomic E-state index is -0.837. The first kappa shape index (κ1) is 21.9. The molecule has 0 saturated carbocycles. The van der Waals surface area contributed by atoms with Crippen molar-refractivity contribution < 1.29 is 28.6 Å². The number of nitrogens with zero attached hydrogens (tertiary/aromatic N) is 1. The van der Waals surface area contributed by atoms with Gasteiger partial charge in [-0.2, -0.15) is 0 Å². The van der Waals surface area contributed by atoms with Gasteiger partial charge in [0.15, 0.2) is 0 Å². The van der Waals surface area contributed by atoms with Crippen molar-refractivity contribution >= 4 is 29.6 Å². The molecule has 0 aromatic heterocycles. The van der Waals surface area contributed by atoms with Crippen LogP contribution in [0.3, 0.4) is 0 Å². The zero-order valence-corrected chi connectivity index (χ0v) is 17.6. The highest BCUT2D eigenvalue weighted by molar-refractivity contribution is 6.39. The molecular weight excluding hydrogens is 400 g/mol. The summed E-state index contributed by atoms with van der Waals surface area (Å²) in [5.74, 6) is -0.110. The van der Waals surface area contributed by atoms with E-state index < -0.39 is 17.8 Å². The second kappa shape index (κ2) is 9.80. The maximum absolute atomic E-state index is 13.2. The Hall–Kier alpha value is -3.81. The van der Waals surface area contributed by atoms with Crippen LogP contribution in [0.1, 0.15) is 26.3 Å². The molecule has 1 saturated heterocycles. The number of urea groups is 1. The second-order valence-corrected chi connectivity index (χ2v) is 6.42. The number of anilines is 1. The van der Waals surface area contributed by atoms with Crippen molar-refractivity contribution in [1.29, 1.82) is 0 Å². The van der Waals surface area contributed by atoms with Crippen LogP contribution in [0.2, 0.25) is 0 Å². The Morgan fingerprint density at radius 2 is 1.55 bits per heavy atom. The molecule has 162 valence electrons. The molecule has 0 bridgehead atoms. The van der Waals surface area contributed by atoms with Crippen LogP contribution in [0.4, 0.5) is 10.5 Å². The monoisotopic (exact) mass is 424 g/mol. The van der Waals surface area contributed by atoms with Crippen molar-refractivity contribution in [2.24, 2.45) is 0 Å². The van der Waals surface area contributed by atoms with Crippen LogP contribution in [-0.4, -0.2) is 37.7 Å². The molecule has 0 spiro atoms. The largest absolute Gasteiger partial charge is 0.494 e. The molecule has 0 aliphatic carbocycles. The lowest BCUT2D eigenvalue weighted by atomic mass is 10.1. The van der Waals surface area contributed by atoms with Crippen LogP contribution in [-0.2, 0) is 9.59 Å². The number of barbiturate groups is 1. The number of rotatable bonds is 8. The van der Waals surface area contributed by atoms with E-state index in [1.807, 2.05) is 13.8 Å². The summed E-state index contributed by atoms with van der Waals surface area (Å²) in [6.45, 7) is 6.72. The van der Waals surface area contributed by atoms with E-state index >= 15 is 0 Å². The first-order valence-corrected chi connectivity index (χ1v) is 10.0. The molecule has 0 radical (unpaired) electrons. The number of ether oxygens (including phenoxy) is 3. The van der Waals surface area contributed by atoms with Crippen LogP contribution in [0.15, 0.2) is 48.0 Å². The average molecular weight is 424 g/mol. The molecule has 2 aromatic carbocycles. The minimum absolute atomic E-state index is 0.198. The third-order valence-electron chi connectivity index (χ3n) is 4.40. The minimum Gasteiger partial charge on any atom is -0.494 e. The topological polar surface area (TPSA) is 94.2 Å². The molecule has 1 N–H and O–H groups in total. The molecule has 2 aromatic rings. The highest BCUT2D eigenvalue weighted by Crippen LogP contribution is 2.32. The van der Waals surface area contributed by atoms with E-state index in [4.69, 9.17) is 14.2 Å². The normalized spacial score (nSPS) is 15.1. The van der Waals surface area contributed by atoms with Gasteiger partial charge in [0.1, 0.15) is 22.8 Å².